The Morgan fingerprint density at radius 3 is 2.90 bits per heavy atom. The quantitative estimate of drug-likeness (QED) is 0.848. The second-order valence-corrected chi connectivity index (χ2v) is 6.10. The van der Waals surface area contributed by atoms with Crippen molar-refractivity contribution in [1.29, 1.82) is 0 Å². The van der Waals surface area contributed by atoms with Gasteiger partial charge in [-0.1, -0.05) is 13.8 Å². The molecule has 0 aliphatic rings. The molecule has 0 saturated heterocycles. The summed E-state index contributed by atoms with van der Waals surface area (Å²) in [5.41, 5.74) is 2.24. The van der Waals surface area contributed by atoms with E-state index in [-0.39, 0.29) is 0 Å². The zero-order chi connectivity index (χ0) is 15.2. The van der Waals surface area contributed by atoms with E-state index in [0.717, 1.165) is 35.5 Å². The molecule has 0 spiro atoms. The van der Waals surface area contributed by atoms with Gasteiger partial charge in [0.25, 0.3) is 0 Å². The van der Waals surface area contributed by atoms with Crippen LogP contribution in [0.1, 0.15) is 42.5 Å². The standard InChI is InChI=1S/C15H19N3O2S/c1-10(2)12-9-21-14(17-12)5-3-4-11-6-7-16-13(8-11)18-15(19)20/h6-10H,3-5H2,1-2H3,(H,16,18)(H,19,20). The van der Waals surface area contributed by atoms with Crippen molar-refractivity contribution >= 4 is 23.2 Å². The van der Waals surface area contributed by atoms with Gasteiger partial charge in [0.1, 0.15) is 5.82 Å². The number of nitrogens with one attached hydrogen (secondary N) is 1. The summed E-state index contributed by atoms with van der Waals surface area (Å²) in [6, 6.07) is 3.68. The lowest BCUT2D eigenvalue weighted by molar-refractivity contribution is 0.209. The molecule has 5 nitrogen and oxygen atoms in total. The average molecular weight is 305 g/mol. The number of hydrogen-bond donors (Lipinski definition) is 2. The van der Waals surface area contributed by atoms with Crippen molar-refractivity contribution in [2.75, 3.05) is 5.32 Å². The first-order chi connectivity index (χ1) is 10.0. The zero-order valence-corrected chi connectivity index (χ0v) is 13.0. The summed E-state index contributed by atoms with van der Waals surface area (Å²) in [7, 11) is 0. The molecule has 2 N–H and O–H groups in total. The van der Waals surface area contributed by atoms with E-state index in [1.807, 2.05) is 6.07 Å². The fourth-order valence-electron chi connectivity index (χ4n) is 1.96. The Bertz CT molecular complexity index is 610. The topological polar surface area (TPSA) is 75.1 Å². The maximum Gasteiger partial charge on any atom is 0.410 e. The third-order valence-corrected chi connectivity index (χ3v) is 4.00. The van der Waals surface area contributed by atoms with Crippen LogP contribution >= 0.6 is 11.3 Å². The van der Waals surface area contributed by atoms with Gasteiger partial charge in [0.2, 0.25) is 0 Å². The maximum absolute atomic E-state index is 10.6. The number of carbonyl (C=O) groups is 1. The highest BCUT2D eigenvalue weighted by Crippen LogP contribution is 2.19. The summed E-state index contributed by atoms with van der Waals surface area (Å²) < 4.78 is 0. The molecule has 6 heteroatoms. The van der Waals surface area contributed by atoms with Crippen LogP contribution in [0.4, 0.5) is 10.6 Å². The third kappa shape index (κ3) is 4.82. The number of carboxylic acid groups (broad SMARTS) is 1. The summed E-state index contributed by atoms with van der Waals surface area (Å²) in [6.07, 6.45) is 3.35. The lowest BCUT2D eigenvalue weighted by Gasteiger charge is -2.03. The van der Waals surface area contributed by atoms with Crippen LogP contribution < -0.4 is 5.32 Å². The Morgan fingerprint density at radius 1 is 1.43 bits per heavy atom. The number of aromatic nitrogens is 2. The van der Waals surface area contributed by atoms with Gasteiger partial charge in [-0.3, -0.25) is 5.32 Å². The summed E-state index contributed by atoms with van der Waals surface area (Å²) in [6.45, 7) is 4.29. The molecule has 0 aliphatic carbocycles. The molecular weight excluding hydrogens is 286 g/mol. The van der Waals surface area contributed by atoms with Gasteiger partial charge in [-0.05, 0) is 42.9 Å². The molecule has 2 heterocycles. The second kappa shape index (κ2) is 7.17. The van der Waals surface area contributed by atoms with E-state index in [9.17, 15) is 4.79 Å². The first-order valence-corrected chi connectivity index (χ1v) is 7.81. The van der Waals surface area contributed by atoms with E-state index in [4.69, 9.17) is 5.11 Å². The Hall–Kier alpha value is -1.95. The maximum atomic E-state index is 10.6. The number of anilines is 1. The van der Waals surface area contributed by atoms with Crippen molar-refractivity contribution in [2.45, 2.75) is 39.0 Å². The molecule has 112 valence electrons. The molecule has 0 aromatic carbocycles. The number of hydrogen-bond acceptors (Lipinski definition) is 4. The highest BCUT2D eigenvalue weighted by Gasteiger charge is 2.06. The molecule has 21 heavy (non-hydrogen) atoms. The number of rotatable bonds is 6. The number of pyridine rings is 1. The van der Waals surface area contributed by atoms with Crippen LogP contribution in [0.15, 0.2) is 23.7 Å². The molecule has 0 saturated carbocycles. The van der Waals surface area contributed by atoms with E-state index in [1.54, 1.807) is 23.6 Å². The van der Waals surface area contributed by atoms with Gasteiger partial charge in [-0.15, -0.1) is 11.3 Å². The predicted octanol–water partition coefficient (Wildman–Crippen LogP) is 3.93. The molecule has 0 atom stereocenters. The number of nitrogens with zero attached hydrogens (tertiary/aromatic N) is 2. The van der Waals surface area contributed by atoms with E-state index in [2.05, 4.69) is 34.5 Å². The van der Waals surface area contributed by atoms with E-state index in [1.165, 1.54) is 0 Å². The van der Waals surface area contributed by atoms with Crippen molar-refractivity contribution in [2.24, 2.45) is 0 Å². The molecule has 2 aromatic rings. The van der Waals surface area contributed by atoms with Gasteiger partial charge in [0.05, 0.1) is 10.7 Å². The molecule has 1 amide bonds. The van der Waals surface area contributed by atoms with Crippen molar-refractivity contribution in [3.05, 3.63) is 40.0 Å². The third-order valence-electron chi connectivity index (χ3n) is 3.08. The summed E-state index contributed by atoms with van der Waals surface area (Å²) >= 11 is 1.71. The molecule has 0 bridgehead atoms. The van der Waals surface area contributed by atoms with Crippen LogP contribution in [0.2, 0.25) is 0 Å². The van der Waals surface area contributed by atoms with E-state index < -0.39 is 6.09 Å². The zero-order valence-electron chi connectivity index (χ0n) is 12.2. The average Bonchev–Trinajstić information content (AvgIpc) is 2.87. The van der Waals surface area contributed by atoms with Gasteiger partial charge < -0.3 is 5.11 Å². The Balaban J connectivity index is 1.86. The second-order valence-electron chi connectivity index (χ2n) is 5.15. The predicted molar refractivity (Wildman–Crippen MR) is 84.1 cm³/mol. The largest absolute Gasteiger partial charge is 0.465 e. The van der Waals surface area contributed by atoms with Gasteiger partial charge in [-0.25, -0.2) is 14.8 Å². The van der Waals surface area contributed by atoms with Gasteiger partial charge >= 0.3 is 6.09 Å². The van der Waals surface area contributed by atoms with Crippen molar-refractivity contribution in [3.63, 3.8) is 0 Å². The van der Waals surface area contributed by atoms with Crippen LogP contribution in [0.3, 0.4) is 0 Å². The Labute approximate surface area is 128 Å². The number of aryl methyl sites for hydroxylation is 2. The number of amides is 1. The molecule has 2 rings (SSSR count). The highest BCUT2D eigenvalue weighted by atomic mass is 32.1. The lowest BCUT2D eigenvalue weighted by Crippen LogP contribution is -2.08. The normalized spacial score (nSPS) is 10.8. The SMILES string of the molecule is CC(C)c1csc(CCCc2ccnc(NC(=O)O)c2)n1. The van der Waals surface area contributed by atoms with Gasteiger partial charge in [0, 0.05) is 11.6 Å². The van der Waals surface area contributed by atoms with Crippen LogP contribution in [0, 0.1) is 0 Å². The molecule has 2 aromatic heterocycles. The van der Waals surface area contributed by atoms with E-state index >= 15 is 0 Å². The van der Waals surface area contributed by atoms with Crippen LogP contribution in [-0.2, 0) is 12.8 Å². The van der Waals surface area contributed by atoms with Crippen molar-refractivity contribution < 1.29 is 9.90 Å². The van der Waals surface area contributed by atoms with Gasteiger partial charge in [0.15, 0.2) is 0 Å². The first kappa shape index (κ1) is 15.4. The van der Waals surface area contributed by atoms with Crippen LogP contribution in [-0.4, -0.2) is 21.2 Å². The monoisotopic (exact) mass is 305 g/mol. The first-order valence-electron chi connectivity index (χ1n) is 6.94. The molecule has 0 unspecified atom stereocenters. The molecule has 0 fully saturated rings. The Kier molecular flexibility index (Phi) is 5.27. The van der Waals surface area contributed by atoms with E-state index in [0.29, 0.717) is 11.7 Å². The lowest BCUT2D eigenvalue weighted by atomic mass is 10.1. The smallest absolute Gasteiger partial charge is 0.410 e. The summed E-state index contributed by atoms with van der Waals surface area (Å²) in [5.74, 6) is 0.844. The minimum atomic E-state index is -1.09. The van der Waals surface area contributed by atoms with Crippen LogP contribution in [0.5, 0.6) is 0 Å². The Morgan fingerprint density at radius 2 is 2.24 bits per heavy atom. The van der Waals surface area contributed by atoms with Gasteiger partial charge in [-0.2, -0.15) is 0 Å². The summed E-state index contributed by atoms with van der Waals surface area (Å²) in [5, 5.41) is 14.2. The fraction of sp³-hybridized carbons (Fsp3) is 0.400. The van der Waals surface area contributed by atoms with Crippen molar-refractivity contribution in [1.82, 2.24) is 9.97 Å². The minimum Gasteiger partial charge on any atom is -0.465 e. The summed E-state index contributed by atoms with van der Waals surface area (Å²) in [4.78, 5) is 19.2. The molecule has 0 aliphatic heterocycles. The molecular formula is C15H19N3O2S. The highest BCUT2D eigenvalue weighted by molar-refractivity contribution is 7.09. The fourth-order valence-corrected chi connectivity index (χ4v) is 2.96. The minimum absolute atomic E-state index is 0.372. The molecule has 0 radical (unpaired) electrons. The number of thiazole rings is 1. The van der Waals surface area contributed by atoms with Crippen molar-refractivity contribution in [3.8, 4) is 0 Å². The van der Waals surface area contributed by atoms with Crippen LogP contribution in [0.25, 0.3) is 0 Å².